The van der Waals surface area contributed by atoms with E-state index in [0.29, 0.717) is 0 Å². The van der Waals surface area contributed by atoms with Crippen LogP contribution in [0, 0.1) is 0 Å². The average molecular weight is 240 g/mol. The molecule has 0 aliphatic carbocycles. The molecule has 0 fully saturated rings. The van der Waals surface area contributed by atoms with Gasteiger partial charge in [-0.2, -0.15) is 0 Å². The SMILES string of the molecule is CCc1nc2ccc(Br)cn2c1N. The van der Waals surface area contributed by atoms with Gasteiger partial charge in [0.15, 0.2) is 0 Å². The van der Waals surface area contributed by atoms with Gasteiger partial charge in [-0.3, -0.25) is 4.40 Å². The largest absolute Gasteiger partial charge is 0.383 e. The Morgan fingerprint density at radius 1 is 1.54 bits per heavy atom. The van der Waals surface area contributed by atoms with E-state index in [-0.39, 0.29) is 0 Å². The first-order valence-electron chi connectivity index (χ1n) is 4.14. The number of aryl methyl sites for hydroxylation is 1. The highest BCUT2D eigenvalue weighted by Crippen LogP contribution is 2.18. The number of anilines is 1. The summed E-state index contributed by atoms with van der Waals surface area (Å²) in [6.07, 6.45) is 2.79. The zero-order chi connectivity index (χ0) is 9.42. The van der Waals surface area contributed by atoms with Crippen molar-refractivity contribution in [2.24, 2.45) is 0 Å². The van der Waals surface area contributed by atoms with E-state index in [1.165, 1.54) is 0 Å². The van der Waals surface area contributed by atoms with Gasteiger partial charge in [-0.15, -0.1) is 0 Å². The summed E-state index contributed by atoms with van der Waals surface area (Å²) in [5, 5.41) is 0. The lowest BCUT2D eigenvalue weighted by molar-refractivity contribution is 1.07. The van der Waals surface area contributed by atoms with E-state index in [0.717, 1.165) is 28.1 Å². The van der Waals surface area contributed by atoms with Crippen molar-refractivity contribution in [3.05, 3.63) is 28.5 Å². The smallest absolute Gasteiger partial charge is 0.138 e. The third kappa shape index (κ3) is 1.31. The van der Waals surface area contributed by atoms with Crippen molar-refractivity contribution in [3.63, 3.8) is 0 Å². The molecule has 0 amide bonds. The Balaban J connectivity index is 2.77. The zero-order valence-electron chi connectivity index (χ0n) is 7.29. The van der Waals surface area contributed by atoms with Gasteiger partial charge in [-0.25, -0.2) is 4.98 Å². The Morgan fingerprint density at radius 2 is 2.31 bits per heavy atom. The van der Waals surface area contributed by atoms with Crippen LogP contribution < -0.4 is 5.73 Å². The molecule has 13 heavy (non-hydrogen) atoms. The highest BCUT2D eigenvalue weighted by Gasteiger charge is 2.06. The molecule has 2 heterocycles. The van der Waals surface area contributed by atoms with E-state index in [1.54, 1.807) is 0 Å². The molecule has 0 spiro atoms. The molecular weight excluding hydrogens is 230 g/mol. The maximum Gasteiger partial charge on any atom is 0.138 e. The van der Waals surface area contributed by atoms with E-state index in [4.69, 9.17) is 5.73 Å². The molecule has 68 valence electrons. The number of rotatable bonds is 1. The second-order valence-corrected chi connectivity index (χ2v) is 3.79. The summed E-state index contributed by atoms with van der Waals surface area (Å²) >= 11 is 3.39. The summed E-state index contributed by atoms with van der Waals surface area (Å²) in [6.45, 7) is 2.05. The second-order valence-electron chi connectivity index (χ2n) is 2.87. The molecule has 0 saturated carbocycles. The predicted octanol–water partition coefficient (Wildman–Crippen LogP) is 2.24. The van der Waals surface area contributed by atoms with Gasteiger partial charge in [0.05, 0.1) is 5.69 Å². The van der Waals surface area contributed by atoms with Gasteiger partial charge >= 0.3 is 0 Å². The van der Waals surface area contributed by atoms with Gasteiger partial charge in [0.1, 0.15) is 11.5 Å². The standard InChI is InChI=1S/C9H10BrN3/c1-2-7-9(11)13-5-6(10)3-4-8(13)12-7/h3-5H,2,11H2,1H3. The number of nitrogen functional groups attached to an aromatic ring is 1. The summed E-state index contributed by atoms with van der Waals surface area (Å²) in [5.41, 5.74) is 7.76. The lowest BCUT2D eigenvalue weighted by Gasteiger charge is -1.96. The van der Waals surface area contributed by atoms with E-state index in [1.807, 2.05) is 29.7 Å². The molecule has 2 aromatic heterocycles. The number of pyridine rings is 1. The number of hydrogen-bond acceptors (Lipinski definition) is 2. The lowest BCUT2D eigenvalue weighted by atomic mass is 10.3. The lowest BCUT2D eigenvalue weighted by Crippen LogP contribution is -1.95. The Morgan fingerprint density at radius 3 is 3.00 bits per heavy atom. The monoisotopic (exact) mass is 239 g/mol. The van der Waals surface area contributed by atoms with Crippen molar-refractivity contribution in [1.29, 1.82) is 0 Å². The van der Waals surface area contributed by atoms with Gasteiger partial charge < -0.3 is 5.73 Å². The van der Waals surface area contributed by atoms with Gasteiger partial charge in [0.2, 0.25) is 0 Å². The molecule has 0 unspecified atom stereocenters. The molecule has 3 nitrogen and oxygen atoms in total. The first-order valence-corrected chi connectivity index (χ1v) is 4.93. The average Bonchev–Trinajstić information content (AvgIpc) is 2.44. The molecule has 0 aliphatic heterocycles. The van der Waals surface area contributed by atoms with Crippen molar-refractivity contribution < 1.29 is 0 Å². The Kier molecular flexibility index (Phi) is 2.00. The van der Waals surface area contributed by atoms with Crippen LogP contribution in [-0.2, 0) is 6.42 Å². The van der Waals surface area contributed by atoms with Crippen LogP contribution in [0.5, 0.6) is 0 Å². The number of hydrogen-bond donors (Lipinski definition) is 1. The summed E-state index contributed by atoms with van der Waals surface area (Å²) < 4.78 is 2.90. The van der Waals surface area contributed by atoms with E-state index < -0.39 is 0 Å². The van der Waals surface area contributed by atoms with Crippen LogP contribution in [0.25, 0.3) is 5.65 Å². The van der Waals surface area contributed by atoms with E-state index >= 15 is 0 Å². The Hall–Kier alpha value is -1.03. The fourth-order valence-electron chi connectivity index (χ4n) is 1.35. The number of halogens is 1. The number of nitrogens with zero attached hydrogens (tertiary/aromatic N) is 2. The van der Waals surface area contributed by atoms with Crippen LogP contribution in [0.3, 0.4) is 0 Å². The third-order valence-corrected chi connectivity index (χ3v) is 2.50. The molecule has 0 atom stereocenters. The fourth-order valence-corrected chi connectivity index (χ4v) is 1.68. The maximum absolute atomic E-state index is 5.90. The minimum absolute atomic E-state index is 0.735. The summed E-state index contributed by atoms with van der Waals surface area (Å²) in [6, 6.07) is 3.90. The molecule has 2 aromatic rings. The zero-order valence-corrected chi connectivity index (χ0v) is 8.87. The van der Waals surface area contributed by atoms with Crippen molar-refractivity contribution >= 4 is 27.4 Å². The number of nitrogens with two attached hydrogens (primary N) is 1. The normalized spacial score (nSPS) is 10.9. The molecule has 2 N–H and O–H groups in total. The molecule has 0 radical (unpaired) electrons. The molecule has 0 aliphatic rings. The molecule has 0 aromatic carbocycles. The van der Waals surface area contributed by atoms with Crippen molar-refractivity contribution in [2.45, 2.75) is 13.3 Å². The summed E-state index contributed by atoms with van der Waals surface area (Å²) in [5.74, 6) is 0.735. The van der Waals surface area contributed by atoms with Crippen LogP contribution in [0.1, 0.15) is 12.6 Å². The highest BCUT2D eigenvalue weighted by molar-refractivity contribution is 9.10. The molecule has 2 rings (SSSR count). The van der Waals surface area contributed by atoms with Gasteiger partial charge in [0, 0.05) is 10.7 Å². The van der Waals surface area contributed by atoms with Gasteiger partial charge in [-0.05, 0) is 34.5 Å². The van der Waals surface area contributed by atoms with Crippen molar-refractivity contribution in [3.8, 4) is 0 Å². The molecule has 4 heteroatoms. The number of imidazole rings is 1. The van der Waals surface area contributed by atoms with Crippen LogP contribution in [-0.4, -0.2) is 9.38 Å². The fraction of sp³-hybridized carbons (Fsp3) is 0.222. The van der Waals surface area contributed by atoms with Crippen molar-refractivity contribution in [2.75, 3.05) is 5.73 Å². The highest BCUT2D eigenvalue weighted by atomic mass is 79.9. The quantitative estimate of drug-likeness (QED) is 0.830. The van der Waals surface area contributed by atoms with Crippen molar-refractivity contribution in [1.82, 2.24) is 9.38 Å². The van der Waals surface area contributed by atoms with Crippen LogP contribution in [0.4, 0.5) is 5.82 Å². The van der Waals surface area contributed by atoms with Gasteiger partial charge in [0.25, 0.3) is 0 Å². The molecular formula is C9H10BrN3. The Bertz CT molecular complexity index is 447. The minimum atomic E-state index is 0.735. The second kappa shape index (κ2) is 3.03. The third-order valence-electron chi connectivity index (χ3n) is 2.03. The van der Waals surface area contributed by atoms with Crippen LogP contribution in [0.2, 0.25) is 0 Å². The summed E-state index contributed by atoms with van der Waals surface area (Å²) in [4.78, 5) is 4.39. The first-order chi connectivity index (χ1) is 6.22. The number of fused-ring (bicyclic) bond motifs is 1. The van der Waals surface area contributed by atoms with E-state index in [2.05, 4.69) is 20.9 Å². The molecule has 0 bridgehead atoms. The first kappa shape index (κ1) is 8.56. The summed E-state index contributed by atoms with van der Waals surface area (Å²) in [7, 11) is 0. The molecule has 0 saturated heterocycles. The van der Waals surface area contributed by atoms with Crippen LogP contribution >= 0.6 is 15.9 Å². The van der Waals surface area contributed by atoms with E-state index in [9.17, 15) is 0 Å². The predicted molar refractivity (Wildman–Crippen MR) is 56.7 cm³/mol. The maximum atomic E-state index is 5.90. The number of aromatic nitrogens is 2. The van der Waals surface area contributed by atoms with Crippen LogP contribution in [0.15, 0.2) is 22.8 Å². The Labute approximate surface area is 84.7 Å². The van der Waals surface area contributed by atoms with Gasteiger partial charge in [-0.1, -0.05) is 6.92 Å². The minimum Gasteiger partial charge on any atom is -0.383 e. The topological polar surface area (TPSA) is 43.3 Å².